The highest BCUT2D eigenvalue weighted by Crippen LogP contribution is 2.11. The van der Waals surface area contributed by atoms with E-state index in [0.717, 1.165) is 51.9 Å². The average molecular weight is 309 g/mol. The van der Waals surface area contributed by atoms with Crippen molar-refractivity contribution in [2.45, 2.75) is 57.8 Å². The lowest BCUT2D eigenvalue weighted by molar-refractivity contribution is -0.130. The van der Waals surface area contributed by atoms with E-state index in [9.17, 15) is 9.59 Å². The molecule has 2 aliphatic rings. The van der Waals surface area contributed by atoms with Crippen molar-refractivity contribution in [1.82, 2.24) is 15.1 Å². The Bertz CT molecular complexity index is 352. The number of rotatable bonds is 6. The summed E-state index contributed by atoms with van der Waals surface area (Å²) in [7, 11) is 0. The Morgan fingerprint density at radius 3 is 2.41 bits per heavy atom. The molecule has 2 rings (SSSR count). The van der Waals surface area contributed by atoms with Crippen molar-refractivity contribution in [3.05, 3.63) is 0 Å². The second-order valence-corrected chi connectivity index (χ2v) is 6.59. The predicted octanol–water partition coefficient (Wildman–Crippen LogP) is 1.77. The molecule has 0 saturated carbocycles. The van der Waals surface area contributed by atoms with Gasteiger partial charge in [-0.1, -0.05) is 19.3 Å². The van der Waals surface area contributed by atoms with Crippen LogP contribution in [0.2, 0.25) is 0 Å². The molecule has 22 heavy (non-hydrogen) atoms. The quantitative estimate of drug-likeness (QED) is 0.761. The van der Waals surface area contributed by atoms with Gasteiger partial charge in [0, 0.05) is 26.1 Å². The molecular formula is C17H31N3O2. The molecule has 0 aromatic rings. The number of carbonyl (C=O) groups excluding carboxylic acids is 2. The van der Waals surface area contributed by atoms with E-state index in [1.165, 1.54) is 25.7 Å². The molecular weight excluding hydrogens is 278 g/mol. The normalized spacial score (nSPS) is 21.3. The highest BCUT2D eigenvalue weighted by atomic mass is 16.2. The van der Waals surface area contributed by atoms with E-state index in [-0.39, 0.29) is 11.8 Å². The largest absolute Gasteiger partial charge is 0.355 e. The van der Waals surface area contributed by atoms with E-state index < -0.39 is 0 Å². The maximum atomic E-state index is 12.0. The predicted molar refractivity (Wildman–Crippen MR) is 87.6 cm³/mol. The van der Waals surface area contributed by atoms with Crippen LogP contribution in [0, 0.1) is 0 Å². The molecule has 0 radical (unpaired) electrons. The van der Waals surface area contributed by atoms with Crippen LogP contribution < -0.4 is 5.32 Å². The Labute approximate surface area is 134 Å². The summed E-state index contributed by atoms with van der Waals surface area (Å²) in [5.41, 5.74) is 0. The lowest BCUT2D eigenvalue weighted by Crippen LogP contribution is -2.39. The first-order chi connectivity index (χ1) is 10.8. The van der Waals surface area contributed by atoms with Crippen LogP contribution in [0.4, 0.5) is 0 Å². The molecule has 126 valence electrons. The van der Waals surface area contributed by atoms with E-state index in [2.05, 4.69) is 10.2 Å². The summed E-state index contributed by atoms with van der Waals surface area (Å²) in [6, 6.07) is 0. The van der Waals surface area contributed by atoms with Crippen LogP contribution in [0.5, 0.6) is 0 Å². The third-order valence-electron chi connectivity index (χ3n) is 4.66. The zero-order valence-corrected chi connectivity index (χ0v) is 13.8. The summed E-state index contributed by atoms with van der Waals surface area (Å²) in [6.45, 7) is 4.98. The molecule has 5 nitrogen and oxygen atoms in total. The molecule has 0 spiro atoms. The minimum absolute atomic E-state index is 0.129. The topological polar surface area (TPSA) is 52.7 Å². The minimum Gasteiger partial charge on any atom is -0.355 e. The number of likely N-dealkylation sites (tertiary alicyclic amines) is 2. The zero-order valence-electron chi connectivity index (χ0n) is 13.8. The molecule has 0 unspecified atom stereocenters. The maximum absolute atomic E-state index is 12.0. The van der Waals surface area contributed by atoms with Crippen molar-refractivity contribution in [2.75, 3.05) is 39.3 Å². The van der Waals surface area contributed by atoms with Crippen molar-refractivity contribution in [2.24, 2.45) is 0 Å². The molecule has 0 aromatic carbocycles. The number of nitrogens with one attached hydrogen (secondary N) is 1. The van der Waals surface area contributed by atoms with E-state index in [1.54, 1.807) is 0 Å². The first kappa shape index (κ1) is 17.3. The standard InChI is InChI=1S/C17H31N3O2/c21-16(15-19-11-5-1-2-6-12-19)18-10-8-14-20-13-7-3-4-9-17(20)22/h1-15H2,(H,18,21). The molecule has 0 atom stereocenters. The van der Waals surface area contributed by atoms with Gasteiger partial charge >= 0.3 is 0 Å². The Morgan fingerprint density at radius 2 is 1.64 bits per heavy atom. The van der Waals surface area contributed by atoms with Gasteiger partial charge in [0.25, 0.3) is 0 Å². The van der Waals surface area contributed by atoms with Crippen molar-refractivity contribution < 1.29 is 9.59 Å². The SMILES string of the molecule is O=C(CN1CCCCCC1)NCCCN1CCCCCC1=O. The first-order valence-corrected chi connectivity index (χ1v) is 9.02. The van der Waals surface area contributed by atoms with Gasteiger partial charge < -0.3 is 10.2 Å². The number of hydrogen-bond donors (Lipinski definition) is 1. The van der Waals surface area contributed by atoms with E-state index in [1.807, 2.05) is 4.90 Å². The summed E-state index contributed by atoms with van der Waals surface area (Å²) in [6.07, 6.45) is 9.88. The van der Waals surface area contributed by atoms with Crippen LogP contribution in [-0.2, 0) is 9.59 Å². The van der Waals surface area contributed by atoms with Gasteiger partial charge in [0.05, 0.1) is 6.54 Å². The smallest absolute Gasteiger partial charge is 0.234 e. The van der Waals surface area contributed by atoms with Crippen molar-refractivity contribution in [1.29, 1.82) is 0 Å². The molecule has 2 aliphatic heterocycles. The lowest BCUT2D eigenvalue weighted by Gasteiger charge is -2.21. The molecule has 5 heteroatoms. The summed E-state index contributed by atoms with van der Waals surface area (Å²) < 4.78 is 0. The van der Waals surface area contributed by atoms with Gasteiger partial charge in [0.1, 0.15) is 0 Å². The molecule has 2 heterocycles. The maximum Gasteiger partial charge on any atom is 0.234 e. The van der Waals surface area contributed by atoms with Crippen LogP contribution in [0.25, 0.3) is 0 Å². The van der Waals surface area contributed by atoms with E-state index >= 15 is 0 Å². The number of nitrogens with zero attached hydrogens (tertiary/aromatic N) is 2. The number of amides is 2. The van der Waals surface area contributed by atoms with Crippen molar-refractivity contribution in [3.63, 3.8) is 0 Å². The second kappa shape index (κ2) is 9.82. The fraction of sp³-hybridized carbons (Fsp3) is 0.882. The Kier molecular flexibility index (Phi) is 7.71. The van der Waals surface area contributed by atoms with Crippen LogP contribution in [0.1, 0.15) is 57.8 Å². The van der Waals surface area contributed by atoms with Crippen molar-refractivity contribution in [3.8, 4) is 0 Å². The third kappa shape index (κ3) is 6.34. The summed E-state index contributed by atoms with van der Waals surface area (Å²) >= 11 is 0. The molecule has 0 aliphatic carbocycles. The molecule has 1 N–H and O–H groups in total. The summed E-state index contributed by atoms with van der Waals surface area (Å²) in [4.78, 5) is 28.1. The fourth-order valence-corrected chi connectivity index (χ4v) is 3.33. The number of carbonyl (C=O) groups is 2. The van der Waals surface area contributed by atoms with Gasteiger partial charge in [-0.2, -0.15) is 0 Å². The van der Waals surface area contributed by atoms with Gasteiger partial charge in [-0.15, -0.1) is 0 Å². The molecule has 0 aromatic heterocycles. The molecule has 2 fully saturated rings. The molecule has 0 bridgehead atoms. The monoisotopic (exact) mass is 309 g/mol. The van der Waals surface area contributed by atoms with Crippen molar-refractivity contribution >= 4 is 11.8 Å². The second-order valence-electron chi connectivity index (χ2n) is 6.59. The van der Waals surface area contributed by atoms with Crippen LogP contribution in [-0.4, -0.2) is 60.9 Å². The average Bonchev–Trinajstić information content (AvgIpc) is 2.87. The number of hydrogen-bond acceptors (Lipinski definition) is 3. The van der Waals surface area contributed by atoms with Crippen LogP contribution in [0.3, 0.4) is 0 Å². The van der Waals surface area contributed by atoms with Gasteiger partial charge in [-0.3, -0.25) is 14.5 Å². The Balaban J connectivity index is 1.57. The zero-order chi connectivity index (χ0) is 15.6. The minimum atomic E-state index is 0.129. The highest BCUT2D eigenvalue weighted by Gasteiger charge is 2.16. The lowest BCUT2D eigenvalue weighted by atomic mass is 10.2. The van der Waals surface area contributed by atoms with Crippen LogP contribution >= 0.6 is 0 Å². The Hall–Kier alpha value is -1.10. The van der Waals surface area contributed by atoms with Crippen LogP contribution in [0.15, 0.2) is 0 Å². The summed E-state index contributed by atoms with van der Waals surface area (Å²) in [5.74, 6) is 0.414. The van der Waals surface area contributed by atoms with Gasteiger partial charge in [-0.05, 0) is 45.2 Å². The van der Waals surface area contributed by atoms with Gasteiger partial charge in [-0.25, -0.2) is 0 Å². The highest BCUT2D eigenvalue weighted by molar-refractivity contribution is 5.78. The molecule has 2 amide bonds. The summed E-state index contributed by atoms with van der Waals surface area (Å²) in [5, 5.41) is 3.00. The van der Waals surface area contributed by atoms with E-state index in [4.69, 9.17) is 0 Å². The van der Waals surface area contributed by atoms with Gasteiger partial charge in [0.2, 0.25) is 11.8 Å². The first-order valence-electron chi connectivity index (χ1n) is 9.02. The molecule has 2 saturated heterocycles. The third-order valence-corrected chi connectivity index (χ3v) is 4.66. The van der Waals surface area contributed by atoms with Gasteiger partial charge in [0.15, 0.2) is 0 Å². The Morgan fingerprint density at radius 1 is 0.955 bits per heavy atom. The fourth-order valence-electron chi connectivity index (χ4n) is 3.33. The van der Waals surface area contributed by atoms with E-state index in [0.29, 0.717) is 19.5 Å².